The smallest absolute Gasteiger partial charge is 0.0632 e. The van der Waals surface area contributed by atoms with Crippen molar-refractivity contribution in [1.82, 2.24) is 0 Å². The van der Waals surface area contributed by atoms with Gasteiger partial charge in [0.2, 0.25) is 0 Å². The van der Waals surface area contributed by atoms with Crippen LogP contribution in [0.4, 0.5) is 0 Å². The molecule has 2 heteroatoms. The first-order chi connectivity index (χ1) is 12.8. The van der Waals surface area contributed by atoms with Gasteiger partial charge in [-0.3, -0.25) is 0 Å². The van der Waals surface area contributed by atoms with Gasteiger partial charge in [0, 0.05) is 0 Å². The summed E-state index contributed by atoms with van der Waals surface area (Å²) in [4.78, 5) is 0. The Balaban J connectivity index is 1.95. The highest BCUT2D eigenvalue weighted by Crippen LogP contribution is 2.36. The summed E-state index contributed by atoms with van der Waals surface area (Å²) in [5.74, 6) is 0. The van der Waals surface area contributed by atoms with Gasteiger partial charge in [-0.15, -0.1) is 0 Å². The second kappa shape index (κ2) is 7.82. The molecule has 0 saturated heterocycles. The molecule has 4 aromatic carbocycles. The van der Waals surface area contributed by atoms with Gasteiger partial charge >= 0.3 is 0 Å². The van der Waals surface area contributed by atoms with Crippen LogP contribution in [-0.4, -0.2) is 10.2 Å². The Hall–Kier alpha value is -2.47. The van der Waals surface area contributed by atoms with Crippen LogP contribution in [0.3, 0.4) is 0 Å². The van der Waals surface area contributed by atoms with Gasteiger partial charge in [0.1, 0.15) is 0 Å². The van der Waals surface area contributed by atoms with Crippen LogP contribution in [0.15, 0.2) is 109 Å². The fourth-order valence-corrected chi connectivity index (χ4v) is 5.98. The molecule has 0 aliphatic carbocycles. The van der Waals surface area contributed by atoms with Crippen LogP contribution >= 0.6 is 7.92 Å². The summed E-state index contributed by atoms with van der Waals surface area (Å²) in [6.45, 7) is 0. The molecule has 26 heavy (non-hydrogen) atoms. The molecular formula is C24H18PSi. The lowest BCUT2D eigenvalue weighted by atomic mass is 10.1. The van der Waals surface area contributed by atoms with Crippen LogP contribution in [0.5, 0.6) is 0 Å². The zero-order chi connectivity index (χ0) is 17.8. The summed E-state index contributed by atoms with van der Waals surface area (Å²) in [6, 6.07) is 38.9. The molecule has 123 valence electrons. The minimum absolute atomic E-state index is 0.624. The van der Waals surface area contributed by atoms with Gasteiger partial charge in [-0.1, -0.05) is 114 Å². The monoisotopic (exact) mass is 365 g/mol. The number of benzene rings is 4. The maximum absolute atomic E-state index is 3.79. The largest absolute Gasteiger partial charge is 0.0720 e. The molecule has 0 fully saturated rings. The van der Waals surface area contributed by atoms with Crippen LogP contribution in [0.2, 0.25) is 0 Å². The molecule has 0 unspecified atom stereocenters. The van der Waals surface area contributed by atoms with Crippen LogP contribution in [-0.2, 0) is 0 Å². The zero-order valence-electron chi connectivity index (χ0n) is 14.3. The van der Waals surface area contributed by atoms with E-state index in [0.717, 1.165) is 5.19 Å². The molecule has 0 bridgehead atoms. The van der Waals surface area contributed by atoms with Gasteiger partial charge in [-0.2, -0.15) is 0 Å². The molecule has 4 aromatic rings. The molecule has 0 atom stereocenters. The standard InChI is InChI=1S/C24H18PSi/c26-24-18-10-8-16-22(24)21-15-7-9-17-23(21)25(19-11-3-1-4-12-19)20-13-5-2-6-14-20/h1-18H. The quantitative estimate of drug-likeness (QED) is 0.380. The van der Waals surface area contributed by atoms with E-state index in [9.17, 15) is 0 Å². The van der Waals surface area contributed by atoms with Crippen molar-refractivity contribution in [3.8, 4) is 11.1 Å². The average Bonchev–Trinajstić information content (AvgIpc) is 2.71. The maximum Gasteiger partial charge on any atom is 0.0720 e. The Labute approximate surface area is 159 Å². The molecule has 3 radical (unpaired) electrons. The molecule has 0 saturated carbocycles. The highest BCUT2D eigenvalue weighted by atomic mass is 31.1. The first-order valence-electron chi connectivity index (χ1n) is 8.65. The maximum atomic E-state index is 3.79. The summed E-state index contributed by atoms with van der Waals surface area (Å²) in [5.41, 5.74) is 2.52. The number of hydrogen-bond acceptors (Lipinski definition) is 0. The Kier molecular flexibility index (Phi) is 5.11. The topological polar surface area (TPSA) is 0 Å². The molecule has 0 aliphatic heterocycles. The SMILES string of the molecule is [Si]c1ccccc1-c1ccccc1P(c1ccccc1)c1ccccc1. The van der Waals surface area contributed by atoms with Crippen LogP contribution in [0.25, 0.3) is 11.1 Å². The third-order valence-electron chi connectivity index (χ3n) is 4.39. The lowest BCUT2D eigenvalue weighted by Gasteiger charge is -2.23. The Morgan fingerprint density at radius 2 is 0.923 bits per heavy atom. The summed E-state index contributed by atoms with van der Waals surface area (Å²) in [6.07, 6.45) is 0. The molecule has 0 aliphatic rings. The summed E-state index contributed by atoms with van der Waals surface area (Å²) in [5, 5.41) is 5.24. The van der Waals surface area contributed by atoms with E-state index in [1.54, 1.807) is 0 Å². The van der Waals surface area contributed by atoms with Crippen molar-refractivity contribution in [3.63, 3.8) is 0 Å². The predicted octanol–water partition coefficient (Wildman–Crippen LogP) is 3.91. The van der Waals surface area contributed by atoms with Gasteiger partial charge in [-0.05, 0) is 35.0 Å². The minimum Gasteiger partial charge on any atom is -0.0632 e. The van der Waals surface area contributed by atoms with E-state index in [2.05, 4.69) is 119 Å². The van der Waals surface area contributed by atoms with Crippen LogP contribution in [0.1, 0.15) is 0 Å². The highest BCUT2D eigenvalue weighted by molar-refractivity contribution is 7.80. The second-order valence-corrected chi connectivity index (χ2v) is 8.79. The van der Waals surface area contributed by atoms with E-state index in [1.165, 1.54) is 27.0 Å². The van der Waals surface area contributed by atoms with Crippen molar-refractivity contribution in [2.45, 2.75) is 0 Å². The fraction of sp³-hybridized carbons (Fsp3) is 0. The van der Waals surface area contributed by atoms with Crippen LogP contribution < -0.4 is 21.1 Å². The third-order valence-corrected chi connectivity index (χ3v) is 7.33. The van der Waals surface area contributed by atoms with E-state index in [4.69, 9.17) is 0 Å². The lowest BCUT2D eigenvalue weighted by Crippen LogP contribution is -2.23. The van der Waals surface area contributed by atoms with Crippen molar-refractivity contribution in [3.05, 3.63) is 109 Å². The summed E-state index contributed by atoms with van der Waals surface area (Å²) < 4.78 is 0. The number of hydrogen-bond donors (Lipinski definition) is 0. The van der Waals surface area contributed by atoms with E-state index < -0.39 is 7.92 Å². The first kappa shape index (κ1) is 17.0. The Bertz CT molecular complexity index is 957. The Morgan fingerprint density at radius 3 is 1.50 bits per heavy atom. The third kappa shape index (κ3) is 3.42. The average molecular weight is 365 g/mol. The molecule has 0 amide bonds. The van der Waals surface area contributed by atoms with Gasteiger partial charge in [0.25, 0.3) is 0 Å². The first-order valence-corrected chi connectivity index (χ1v) is 10.5. The molecule has 4 rings (SSSR count). The van der Waals surface area contributed by atoms with Gasteiger partial charge in [0.15, 0.2) is 0 Å². The van der Waals surface area contributed by atoms with Crippen LogP contribution in [0, 0.1) is 0 Å². The highest BCUT2D eigenvalue weighted by Gasteiger charge is 2.20. The summed E-state index contributed by atoms with van der Waals surface area (Å²) >= 11 is 0. The normalized spacial score (nSPS) is 10.8. The van der Waals surface area contributed by atoms with E-state index >= 15 is 0 Å². The number of rotatable bonds is 4. The van der Waals surface area contributed by atoms with Crippen molar-refractivity contribution >= 4 is 39.3 Å². The fourth-order valence-electron chi connectivity index (χ4n) is 3.20. The van der Waals surface area contributed by atoms with Gasteiger partial charge in [-0.25, -0.2) is 0 Å². The second-order valence-electron chi connectivity index (χ2n) is 6.07. The van der Waals surface area contributed by atoms with E-state index in [0.29, 0.717) is 0 Å². The van der Waals surface area contributed by atoms with Crippen molar-refractivity contribution < 1.29 is 0 Å². The minimum atomic E-state index is -0.624. The van der Waals surface area contributed by atoms with Gasteiger partial charge in [0.05, 0.1) is 10.2 Å². The molecule has 0 nitrogen and oxygen atoms in total. The Morgan fingerprint density at radius 1 is 0.462 bits per heavy atom. The van der Waals surface area contributed by atoms with Gasteiger partial charge < -0.3 is 0 Å². The summed E-state index contributed by atoms with van der Waals surface area (Å²) in [7, 11) is 3.17. The van der Waals surface area contributed by atoms with E-state index in [-0.39, 0.29) is 0 Å². The predicted molar refractivity (Wildman–Crippen MR) is 116 cm³/mol. The van der Waals surface area contributed by atoms with Crippen molar-refractivity contribution in [2.24, 2.45) is 0 Å². The molecular weight excluding hydrogens is 347 g/mol. The van der Waals surface area contributed by atoms with Crippen molar-refractivity contribution in [2.75, 3.05) is 0 Å². The molecule has 0 spiro atoms. The zero-order valence-corrected chi connectivity index (χ0v) is 16.2. The molecule has 0 N–H and O–H groups in total. The lowest BCUT2D eigenvalue weighted by molar-refractivity contribution is 1.68. The molecule has 0 aromatic heterocycles. The van der Waals surface area contributed by atoms with E-state index in [1.807, 2.05) is 0 Å². The van der Waals surface area contributed by atoms with Crippen molar-refractivity contribution in [1.29, 1.82) is 0 Å². The molecule has 0 heterocycles.